The molecule has 0 spiro atoms. The number of nitrogens with zero attached hydrogens (tertiary/aromatic N) is 1. The van der Waals surface area contributed by atoms with E-state index in [-0.39, 0.29) is 18.0 Å². The van der Waals surface area contributed by atoms with Crippen LogP contribution in [0.5, 0.6) is 0 Å². The Bertz CT molecular complexity index is 712. The molecule has 8 heteroatoms. The average molecular weight is 360 g/mol. The summed E-state index contributed by atoms with van der Waals surface area (Å²) in [5.41, 5.74) is 2.25. The van der Waals surface area contributed by atoms with E-state index in [4.69, 9.17) is 5.11 Å². The van der Waals surface area contributed by atoms with Crippen molar-refractivity contribution in [3.63, 3.8) is 0 Å². The molecule has 1 heterocycles. The molecular formula is C12H14BrN3O3S. The number of aromatic nitrogens is 2. The van der Waals surface area contributed by atoms with Gasteiger partial charge < -0.3 is 5.11 Å². The van der Waals surface area contributed by atoms with Crippen molar-refractivity contribution in [1.29, 1.82) is 0 Å². The zero-order valence-corrected chi connectivity index (χ0v) is 13.1. The van der Waals surface area contributed by atoms with Crippen molar-refractivity contribution in [3.8, 4) is 0 Å². The molecular weight excluding hydrogens is 346 g/mol. The van der Waals surface area contributed by atoms with Gasteiger partial charge in [-0.3, -0.25) is 5.10 Å². The lowest BCUT2D eigenvalue weighted by molar-refractivity contribution is 0.281. The number of nitrogens with one attached hydrogen (secondary N) is 2. The van der Waals surface area contributed by atoms with E-state index >= 15 is 0 Å². The lowest BCUT2D eigenvalue weighted by Crippen LogP contribution is -2.23. The number of halogens is 1. The van der Waals surface area contributed by atoms with Crippen LogP contribution in [-0.2, 0) is 23.2 Å². The quantitative estimate of drug-likeness (QED) is 0.752. The van der Waals surface area contributed by atoms with Gasteiger partial charge in [0.05, 0.1) is 17.7 Å². The highest BCUT2D eigenvalue weighted by Crippen LogP contribution is 2.23. The normalized spacial score (nSPS) is 11.8. The molecule has 2 rings (SSSR count). The van der Waals surface area contributed by atoms with E-state index in [0.29, 0.717) is 10.0 Å². The summed E-state index contributed by atoms with van der Waals surface area (Å²) in [6.07, 6.45) is 1.59. The van der Waals surface area contributed by atoms with Crippen LogP contribution >= 0.6 is 15.9 Å². The number of aromatic amines is 1. The highest BCUT2D eigenvalue weighted by atomic mass is 79.9. The van der Waals surface area contributed by atoms with Crippen LogP contribution in [0.1, 0.15) is 16.8 Å². The van der Waals surface area contributed by atoms with E-state index in [9.17, 15) is 8.42 Å². The van der Waals surface area contributed by atoms with Gasteiger partial charge in [0.25, 0.3) is 0 Å². The number of aryl methyl sites for hydroxylation is 1. The largest absolute Gasteiger partial charge is 0.392 e. The van der Waals surface area contributed by atoms with Crippen LogP contribution in [0.15, 0.2) is 33.8 Å². The average Bonchev–Trinajstić information content (AvgIpc) is 2.81. The van der Waals surface area contributed by atoms with E-state index in [2.05, 4.69) is 30.8 Å². The van der Waals surface area contributed by atoms with Gasteiger partial charge in [-0.25, -0.2) is 13.1 Å². The summed E-state index contributed by atoms with van der Waals surface area (Å²) < 4.78 is 27.4. The maximum Gasteiger partial charge on any atom is 0.241 e. The van der Waals surface area contributed by atoms with Gasteiger partial charge >= 0.3 is 0 Å². The predicted octanol–water partition coefficient (Wildman–Crippen LogP) is 1.45. The van der Waals surface area contributed by atoms with Crippen LogP contribution in [-0.4, -0.2) is 23.7 Å². The van der Waals surface area contributed by atoms with E-state index in [1.807, 2.05) is 6.92 Å². The first-order valence-electron chi connectivity index (χ1n) is 5.82. The second-order valence-electron chi connectivity index (χ2n) is 4.27. The lowest BCUT2D eigenvalue weighted by atomic mass is 10.2. The summed E-state index contributed by atoms with van der Waals surface area (Å²) >= 11 is 3.21. The smallest absolute Gasteiger partial charge is 0.241 e. The van der Waals surface area contributed by atoms with Crippen LogP contribution in [0, 0.1) is 6.92 Å². The van der Waals surface area contributed by atoms with Gasteiger partial charge in [0.15, 0.2) is 0 Å². The Morgan fingerprint density at radius 1 is 1.45 bits per heavy atom. The van der Waals surface area contributed by atoms with Crippen LogP contribution < -0.4 is 4.72 Å². The van der Waals surface area contributed by atoms with Crippen LogP contribution in [0.3, 0.4) is 0 Å². The first kappa shape index (κ1) is 15.2. The number of H-pyrrole nitrogens is 1. The minimum absolute atomic E-state index is 0.135. The standard InChI is InChI=1S/C12H14BrN3O3S/c1-8-10(5-14-16-8)6-15-20(18,19)12-3-2-9(7-17)4-11(12)13/h2-5,15,17H,6-7H2,1H3,(H,14,16). The molecule has 0 aliphatic rings. The van der Waals surface area contributed by atoms with Gasteiger partial charge in [-0.05, 0) is 40.5 Å². The Morgan fingerprint density at radius 3 is 2.75 bits per heavy atom. The third kappa shape index (κ3) is 3.26. The Morgan fingerprint density at radius 2 is 2.20 bits per heavy atom. The van der Waals surface area contributed by atoms with Crippen LogP contribution in [0.2, 0.25) is 0 Å². The zero-order valence-electron chi connectivity index (χ0n) is 10.7. The second-order valence-corrected chi connectivity index (χ2v) is 6.86. The molecule has 2 aromatic rings. The Kier molecular flexibility index (Phi) is 4.59. The van der Waals surface area contributed by atoms with Crippen molar-refractivity contribution in [2.24, 2.45) is 0 Å². The van der Waals surface area contributed by atoms with E-state index in [0.717, 1.165) is 11.3 Å². The van der Waals surface area contributed by atoms with E-state index in [1.54, 1.807) is 18.3 Å². The molecule has 0 unspecified atom stereocenters. The van der Waals surface area contributed by atoms with Crippen molar-refractivity contribution in [1.82, 2.24) is 14.9 Å². The molecule has 0 radical (unpaired) electrons. The Balaban J connectivity index is 2.20. The maximum atomic E-state index is 12.2. The maximum absolute atomic E-state index is 12.2. The number of rotatable bonds is 5. The Labute approximate surface area is 125 Å². The van der Waals surface area contributed by atoms with Crippen molar-refractivity contribution < 1.29 is 13.5 Å². The number of hydrogen-bond acceptors (Lipinski definition) is 4. The second kappa shape index (κ2) is 6.04. The fourth-order valence-corrected chi connectivity index (χ4v) is 3.79. The minimum Gasteiger partial charge on any atom is -0.392 e. The fourth-order valence-electron chi connectivity index (χ4n) is 1.67. The molecule has 20 heavy (non-hydrogen) atoms. The summed E-state index contributed by atoms with van der Waals surface area (Å²) in [6.45, 7) is 1.85. The van der Waals surface area contributed by atoms with Gasteiger partial charge in [-0.2, -0.15) is 5.10 Å². The SMILES string of the molecule is Cc1[nH]ncc1CNS(=O)(=O)c1ccc(CO)cc1Br. The van der Waals surface area contributed by atoms with Crippen molar-refractivity contribution in [3.05, 3.63) is 45.7 Å². The molecule has 0 aliphatic carbocycles. The number of aliphatic hydroxyl groups excluding tert-OH is 1. The Hall–Kier alpha value is -1.22. The van der Waals surface area contributed by atoms with Crippen LogP contribution in [0.25, 0.3) is 0 Å². The third-order valence-electron chi connectivity index (χ3n) is 2.86. The van der Waals surface area contributed by atoms with Gasteiger partial charge in [0, 0.05) is 22.3 Å². The minimum atomic E-state index is -3.63. The van der Waals surface area contributed by atoms with E-state index < -0.39 is 10.0 Å². The molecule has 0 fully saturated rings. The monoisotopic (exact) mass is 359 g/mol. The third-order valence-corrected chi connectivity index (χ3v) is 5.23. The van der Waals surface area contributed by atoms with Crippen molar-refractivity contribution >= 4 is 26.0 Å². The molecule has 0 bridgehead atoms. The van der Waals surface area contributed by atoms with Crippen LogP contribution in [0.4, 0.5) is 0 Å². The summed E-state index contributed by atoms with van der Waals surface area (Å²) in [7, 11) is -3.63. The summed E-state index contributed by atoms with van der Waals surface area (Å²) in [5, 5.41) is 15.6. The van der Waals surface area contributed by atoms with Crippen molar-refractivity contribution in [2.75, 3.05) is 0 Å². The molecule has 0 saturated heterocycles. The van der Waals surface area contributed by atoms with Crippen molar-refractivity contribution in [2.45, 2.75) is 25.0 Å². The zero-order chi connectivity index (χ0) is 14.8. The molecule has 6 nitrogen and oxygen atoms in total. The molecule has 0 aliphatic heterocycles. The van der Waals surface area contributed by atoms with E-state index in [1.165, 1.54) is 6.07 Å². The first-order valence-corrected chi connectivity index (χ1v) is 8.09. The molecule has 1 aromatic carbocycles. The molecule has 1 aromatic heterocycles. The number of sulfonamides is 1. The molecule has 0 atom stereocenters. The lowest BCUT2D eigenvalue weighted by Gasteiger charge is -2.09. The van der Waals surface area contributed by atoms with Gasteiger partial charge in [0.2, 0.25) is 10.0 Å². The molecule has 0 amide bonds. The predicted molar refractivity (Wildman–Crippen MR) is 77.4 cm³/mol. The number of aliphatic hydroxyl groups is 1. The highest BCUT2D eigenvalue weighted by molar-refractivity contribution is 9.10. The molecule has 3 N–H and O–H groups in total. The summed E-state index contributed by atoms with van der Waals surface area (Å²) in [6, 6.07) is 4.61. The molecule has 0 saturated carbocycles. The number of hydrogen-bond donors (Lipinski definition) is 3. The van der Waals surface area contributed by atoms with Gasteiger partial charge in [0.1, 0.15) is 0 Å². The number of benzene rings is 1. The topological polar surface area (TPSA) is 95.1 Å². The first-order chi connectivity index (χ1) is 9.44. The summed E-state index contributed by atoms with van der Waals surface area (Å²) in [5.74, 6) is 0. The van der Waals surface area contributed by atoms with Gasteiger partial charge in [-0.15, -0.1) is 0 Å². The molecule has 108 valence electrons. The fraction of sp³-hybridized carbons (Fsp3) is 0.250. The van der Waals surface area contributed by atoms with Gasteiger partial charge in [-0.1, -0.05) is 6.07 Å². The highest BCUT2D eigenvalue weighted by Gasteiger charge is 2.18. The summed E-state index contributed by atoms with van der Waals surface area (Å²) in [4.78, 5) is 0.135.